The lowest BCUT2D eigenvalue weighted by Gasteiger charge is -2.26. The molecule has 19 heavy (non-hydrogen) atoms. The summed E-state index contributed by atoms with van der Waals surface area (Å²) >= 11 is 0. The number of aliphatic hydroxyl groups excluding tert-OH is 1. The van der Waals surface area contributed by atoms with E-state index in [1.807, 2.05) is 12.1 Å². The maximum absolute atomic E-state index is 9.05. The Hall–Kier alpha value is -1.64. The van der Waals surface area contributed by atoms with Gasteiger partial charge in [-0.05, 0) is 11.1 Å². The maximum atomic E-state index is 9.05. The van der Waals surface area contributed by atoms with Crippen molar-refractivity contribution in [3.63, 3.8) is 0 Å². The molecule has 0 aliphatic rings. The Labute approximate surface area is 115 Å². The van der Waals surface area contributed by atoms with E-state index < -0.39 is 0 Å². The molecule has 2 atom stereocenters. The number of hydrogen-bond acceptors (Lipinski definition) is 2. The van der Waals surface area contributed by atoms with Crippen LogP contribution in [-0.2, 0) is 0 Å². The van der Waals surface area contributed by atoms with E-state index in [-0.39, 0.29) is 12.6 Å². The molecule has 100 valence electrons. The predicted molar refractivity (Wildman–Crippen MR) is 79.1 cm³/mol. The van der Waals surface area contributed by atoms with E-state index in [9.17, 15) is 0 Å². The van der Waals surface area contributed by atoms with E-state index >= 15 is 0 Å². The lowest BCUT2D eigenvalue weighted by Crippen LogP contribution is -2.28. The standard InChI is InChI=1S/C17H21NO/c1-14(15-8-4-2-5-9-15)17(18-12-13-19)16-10-6-3-7-11-16/h2-11,14,17-19H,12-13H2,1H3/t14-,17+/m0/s1. The highest BCUT2D eigenvalue weighted by Crippen LogP contribution is 2.30. The molecule has 0 fully saturated rings. The molecule has 2 aromatic carbocycles. The molecular formula is C17H21NO. The summed E-state index contributed by atoms with van der Waals surface area (Å²) in [6, 6.07) is 21.1. The zero-order chi connectivity index (χ0) is 13.5. The van der Waals surface area contributed by atoms with Gasteiger partial charge in [-0.3, -0.25) is 0 Å². The van der Waals surface area contributed by atoms with E-state index in [0.717, 1.165) is 0 Å². The molecule has 2 aromatic rings. The predicted octanol–water partition coefficient (Wildman–Crippen LogP) is 3.11. The van der Waals surface area contributed by atoms with Crippen molar-refractivity contribution in [2.45, 2.75) is 18.9 Å². The van der Waals surface area contributed by atoms with Crippen LogP contribution in [-0.4, -0.2) is 18.3 Å². The van der Waals surface area contributed by atoms with E-state index in [2.05, 4.69) is 60.8 Å². The molecule has 0 saturated heterocycles. The molecule has 2 heteroatoms. The molecule has 0 aromatic heterocycles. The van der Waals surface area contributed by atoms with Gasteiger partial charge in [-0.15, -0.1) is 0 Å². The van der Waals surface area contributed by atoms with Crippen LogP contribution in [0.3, 0.4) is 0 Å². The molecule has 0 aliphatic carbocycles. The van der Waals surface area contributed by atoms with Crippen molar-refractivity contribution in [2.75, 3.05) is 13.2 Å². The van der Waals surface area contributed by atoms with Crippen LogP contribution in [0.25, 0.3) is 0 Å². The highest BCUT2D eigenvalue weighted by atomic mass is 16.3. The van der Waals surface area contributed by atoms with E-state index in [4.69, 9.17) is 5.11 Å². The Morgan fingerprint density at radius 3 is 1.95 bits per heavy atom. The minimum absolute atomic E-state index is 0.158. The normalized spacial score (nSPS) is 14.0. The minimum Gasteiger partial charge on any atom is -0.395 e. The first-order valence-corrected chi connectivity index (χ1v) is 6.77. The highest BCUT2D eigenvalue weighted by Gasteiger charge is 2.19. The Morgan fingerprint density at radius 2 is 1.42 bits per heavy atom. The van der Waals surface area contributed by atoms with Gasteiger partial charge in [-0.2, -0.15) is 0 Å². The smallest absolute Gasteiger partial charge is 0.0556 e. The van der Waals surface area contributed by atoms with E-state index in [1.165, 1.54) is 11.1 Å². The zero-order valence-electron chi connectivity index (χ0n) is 11.3. The van der Waals surface area contributed by atoms with Crippen LogP contribution in [0.2, 0.25) is 0 Å². The van der Waals surface area contributed by atoms with Crippen molar-refractivity contribution in [3.05, 3.63) is 71.8 Å². The maximum Gasteiger partial charge on any atom is 0.0556 e. The van der Waals surface area contributed by atoms with Crippen molar-refractivity contribution >= 4 is 0 Å². The highest BCUT2D eigenvalue weighted by molar-refractivity contribution is 5.27. The molecular weight excluding hydrogens is 234 g/mol. The fraction of sp³-hybridized carbons (Fsp3) is 0.294. The lowest BCUT2D eigenvalue weighted by atomic mass is 9.88. The second-order valence-corrected chi connectivity index (χ2v) is 4.77. The molecule has 2 nitrogen and oxygen atoms in total. The average molecular weight is 255 g/mol. The molecule has 0 spiro atoms. The Morgan fingerprint density at radius 1 is 0.895 bits per heavy atom. The second-order valence-electron chi connectivity index (χ2n) is 4.77. The van der Waals surface area contributed by atoms with Gasteiger partial charge in [0.1, 0.15) is 0 Å². The molecule has 2 rings (SSSR count). The van der Waals surface area contributed by atoms with Crippen LogP contribution in [0.5, 0.6) is 0 Å². The third-order valence-electron chi connectivity index (χ3n) is 3.46. The molecule has 0 amide bonds. The topological polar surface area (TPSA) is 32.3 Å². The molecule has 0 radical (unpaired) electrons. The van der Waals surface area contributed by atoms with Gasteiger partial charge in [0.05, 0.1) is 6.61 Å². The quantitative estimate of drug-likeness (QED) is 0.831. The number of benzene rings is 2. The fourth-order valence-corrected chi connectivity index (χ4v) is 2.41. The summed E-state index contributed by atoms with van der Waals surface area (Å²) in [5, 5.41) is 12.5. The van der Waals surface area contributed by atoms with Crippen molar-refractivity contribution < 1.29 is 5.11 Å². The van der Waals surface area contributed by atoms with Gasteiger partial charge >= 0.3 is 0 Å². The van der Waals surface area contributed by atoms with E-state index in [1.54, 1.807) is 0 Å². The minimum atomic E-state index is 0.158. The van der Waals surface area contributed by atoms with Crippen molar-refractivity contribution in [1.29, 1.82) is 0 Å². The van der Waals surface area contributed by atoms with Gasteiger partial charge in [-0.1, -0.05) is 67.6 Å². The first kappa shape index (κ1) is 13.8. The van der Waals surface area contributed by atoms with Crippen LogP contribution in [0.15, 0.2) is 60.7 Å². The summed E-state index contributed by atoms with van der Waals surface area (Å²) in [4.78, 5) is 0. The van der Waals surface area contributed by atoms with Crippen molar-refractivity contribution in [2.24, 2.45) is 0 Å². The second kappa shape index (κ2) is 7.07. The number of hydrogen-bond donors (Lipinski definition) is 2. The van der Waals surface area contributed by atoms with Crippen LogP contribution in [0.1, 0.15) is 30.0 Å². The summed E-state index contributed by atoms with van der Waals surface area (Å²) in [5.41, 5.74) is 2.56. The zero-order valence-corrected chi connectivity index (χ0v) is 11.3. The van der Waals surface area contributed by atoms with Crippen LogP contribution < -0.4 is 5.32 Å². The van der Waals surface area contributed by atoms with Crippen molar-refractivity contribution in [3.8, 4) is 0 Å². The first-order valence-electron chi connectivity index (χ1n) is 6.77. The summed E-state index contributed by atoms with van der Waals surface area (Å²) in [5.74, 6) is 0.357. The van der Waals surface area contributed by atoms with E-state index in [0.29, 0.717) is 12.5 Å². The van der Waals surface area contributed by atoms with Gasteiger partial charge in [0.2, 0.25) is 0 Å². The molecule has 0 aliphatic heterocycles. The van der Waals surface area contributed by atoms with Crippen LogP contribution in [0, 0.1) is 0 Å². The Balaban J connectivity index is 2.22. The largest absolute Gasteiger partial charge is 0.395 e. The monoisotopic (exact) mass is 255 g/mol. The third kappa shape index (κ3) is 3.66. The van der Waals surface area contributed by atoms with Crippen LogP contribution in [0.4, 0.5) is 0 Å². The summed E-state index contributed by atoms with van der Waals surface area (Å²) in [6.45, 7) is 2.99. The van der Waals surface area contributed by atoms with Gasteiger partial charge in [0.25, 0.3) is 0 Å². The molecule has 0 saturated carbocycles. The Kier molecular flexibility index (Phi) is 5.13. The summed E-state index contributed by atoms with van der Waals surface area (Å²) < 4.78 is 0. The van der Waals surface area contributed by atoms with Gasteiger partial charge in [0, 0.05) is 18.5 Å². The van der Waals surface area contributed by atoms with Gasteiger partial charge in [0.15, 0.2) is 0 Å². The average Bonchev–Trinajstić information content (AvgIpc) is 2.49. The third-order valence-corrected chi connectivity index (χ3v) is 3.46. The molecule has 0 heterocycles. The fourth-order valence-electron chi connectivity index (χ4n) is 2.41. The van der Waals surface area contributed by atoms with Gasteiger partial charge < -0.3 is 10.4 Å². The van der Waals surface area contributed by atoms with Crippen LogP contribution >= 0.6 is 0 Å². The molecule has 0 bridgehead atoms. The summed E-state index contributed by atoms with van der Waals surface area (Å²) in [7, 11) is 0. The molecule has 0 unspecified atom stereocenters. The lowest BCUT2D eigenvalue weighted by molar-refractivity contribution is 0.280. The SMILES string of the molecule is C[C@@H](c1ccccc1)[C@@H](NCCO)c1ccccc1. The van der Waals surface area contributed by atoms with Crippen molar-refractivity contribution in [1.82, 2.24) is 5.32 Å². The summed E-state index contributed by atoms with van der Waals surface area (Å²) in [6.07, 6.45) is 0. The Bertz CT molecular complexity index is 469. The number of rotatable bonds is 6. The first-order chi connectivity index (χ1) is 9.33. The van der Waals surface area contributed by atoms with Gasteiger partial charge in [-0.25, -0.2) is 0 Å². The number of nitrogens with one attached hydrogen (secondary N) is 1. The molecule has 2 N–H and O–H groups in total. The number of aliphatic hydroxyl groups is 1.